The SMILES string of the molecule is COc1cc(Cl)ccc1C(N)=NC(C)C. The average molecular weight is 227 g/mol. The van der Waals surface area contributed by atoms with Gasteiger partial charge in [-0.25, -0.2) is 0 Å². The van der Waals surface area contributed by atoms with E-state index in [2.05, 4.69) is 4.99 Å². The van der Waals surface area contributed by atoms with E-state index in [0.29, 0.717) is 16.6 Å². The first kappa shape index (κ1) is 11.9. The summed E-state index contributed by atoms with van der Waals surface area (Å²) in [7, 11) is 1.58. The van der Waals surface area contributed by atoms with E-state index >= 15 is 0 Å². The lowest BCUT2D eigenvalue weighted by Gasteiger charge is -2.09. The molecule has 0 aliphatic heterocycles. The van der Waals surface area contributed by atoms with Crippen LogP contribution in [0.4, 0.5) is 0 Å². The molecule has 0 aliphatic carbocycles. The van der Waals surface area contributed by atoms with E-state index in [1.807, 2.05) is 19.9 Å². The maximum atomic E-state index is 5.85. The summed E-state index contributed by atoms with van der Waals surface area (Å²) >= 11 is 5.85. The van der Waals surface area contributed by atoms with Crippen molar-refractivity contribution in [1.29, 1.82) is 0 Å². The van der Waals surface area contributed by atoms with Crippen LogP contribution in [0.2, 0.25) is 5.02 Å². The van der Waals surface area contributed by atoms with Crippen LogP contribution >= 0.6 is 11.6 Å². The summed E-state index contributed by atoms with van der Waals surface area (Å²) in [5.74, 6) is 1.11. The van der Waals surface area contributed by atoms with Crippen molar-refractivity contribution in [3.8, 4) is 5.75 Å². The zero-order valence-electron chi connectivity index (χ0n) is 9.12. The van der Waals surface area contributed by atoms with Crippen molar-refractivity contribution in [2.75, 3.05) is 7.11 Å². The topological polar surface area (TPSA) is 47.6 Å². The Kier molecular flexibility index (Phi) is 3.97. The van der Waals surface area contributed by atoms with Crippen LogP contribution in [0.1, 0.15) is 19.4 Å². The normalized spacial score (nSPS) is 11.9. The number of amidine groups is 1. The lowest BCUT2D eigenvalue weighted by atomic mass is 10.2. The van der Waals surface area contributed by atoms with Gasteiger partial charge in [-0.05, 0) is 32.0 Å². The molecule has 0 atom stereocenters. The van der Waals surface area contributed by atoms with E-state index in [4.69, 9.17) is 22.1 Å². The van der Waals surface area contributed by atoms with Crippen molar-refractivity contribution >= 4 is 17.4 Å². The van der Waals surface area contributed by atoms with Gasteiger partial charge in [-0.1, -0.05) is 11.6 Å². The van der Waals surface area contributed by atoms with Crippen molar-refractivity contribution in [2.45, 2.75) is 19.9 Å². The monoisotopic (exact) mass is 226 g/mol. The number of halogens is 1. The molecule has 3 nitrogen and oxygen atoms in total. The molecule has 0 saturated heterocycles. The number of nitrogens with two attached hydrogens (primary N) is 1. The Morgan fingerprint density at radius 1 is 1.47 bits per heavy atom. The zero-order chi connectivity index (χ0) is 11.4. The number of ether oxygens (including phenoxy) is 1. The van der Waals surface area contributed by atoms with E-state index in [-0.39, 0.29) is 6.04 Å². The van der Waals surface area contributed by atoms with Gasteiger partial charge in [0.1, 0.15) is 11.6 Å². The summed E-state index contributed by atoms with van der Waals surface area (Å²) in [6, 6.07) is 5.45. The van der Waals surface area contributed by atoms with Crippen LogP contribution in [0, 0.1) is 0 Å². The van der Waals surface area contributed by atoms with E-state index in [0.717, 1.165) is 5.56 Å². The third-order valence-corrected chi connectivity index (χ3v) is 2.07. The van der Waals surface area contributed by atoms with Crippen molar-refractivity contribution in [3.05, 3.63) is 28.8 Å². The minimum Gasteiger partial charge on any atom is -0.496 e. The van der Waals surface area contributed by atoms with Gasteiger partial charge in [0, 0.05) is 11.1 Å². The van der Waals surface area contributed by atoms with Gasteiger partial charge in [-0.3, -0.25) is 4.99 Å². The van der Waals surface area contributed by atoms with Crippen molar-refractivity contribution in [3.63, 3.8) is 0 Å². The molecule has 0 bridgehead atoms. The van der Waals surface area contributed by atoms with Crippen LogP contribution in [0.5, 0.6) is 5.75 Å². The standard InChI is InChI=1S/C11H15ClN2O/c1-7(2)14-11(13)9-5-4-8(12)6-10(9)15-3/h4-7H,1-3H3,(H2,13,14). The third-order valence-electron chi connectivity index (χ3n) is 1.84. The van der Waals surface area contributed by atoms with Gasteiger partial charge >= 0.3 is 0 Å². The summed E-state index contributed by atoms with van der Waals surface area (Å²) in [6.07, 6.45) is 0. The number of aliphatic imine (C=N–C) groups is 1. The Morgan fingerprint density at radius 3 is 2.67 bits per heavy atom. The fourth-order valence-electron chi connectivity index (χ4n) is 1.22. The van der Waals surface area contributed by atoms with Crippen LogP contribution in [0.15, 0.2) is 23.2 Å². The van der Waals surface area contributed by atoms with Gasteiger partial charge in [0.2, 0.25) is 0 Å². The molecule has 2 N–H and O–H groups in total. The molecule has 1 aromatic rings. The molecule has 15 heavy (non-hydrogen) atoms. The molecule has 0 aromatic heterocycles. The average Bonchev–Trinajstić information content (AvgIpc) is 2.16. The minimum absolute atomic E-state index is 0.158. The molecule has 0 heterocycles. The van der Waals surface area contributed by atoms with Gasteiger partial charge in [0.25, 0.3) is 0 Å². The minimum atomic E-state index is 0.158. The predicted octanol–water partition coefficient (Wildman–Crippen LogP) is 2.46. The molecule has 82 valence electrons. The molecule has 0 spiro atoms. The lowest BCUT2D eigenvalue weighted by molar-refractivity contribution is 0.414. The van der Waals surface area contributed by atoms with E-state index in [9.17, 15) is 0 Å². The Bertz CT molecular complexity index is 375. The molecule has 0 fully saturated rings. The maximum absolute atomic E-state index is 5.85. The van der Waals surface area contributed by atoms with Gasteiger partial charge < -0.3 is 10.5 Å². The smallest absolute Gasteiger partial charge is 0.131 e. The highest BCUT2D eigenvalue weighted by atomic mass is 35.5. The summed E-state index contributed by atoms with van der Waals surface area (Å²) in [5.41, 5.74) is 6.62. The number of benzene rings is 1. The van der Waals surface area contributed by atoms with E-state index in [1.54, 1.807) is 19.2 Å². The van der Waals surface area contributed by atoms with Crippen LogP contribution in [0.25, 0.3) is 0 Å². The summed E-state index contributed by atoms with van der Waals surface area (Å²) in [4.78, 5) is 4.26. The largest absolute Gasteiger partial charge is 0.496 e. The maximum Gasteiger partial charge on any atom is 0.131 e. The van der Waals surface area contributed by atoms with Gasteiger partial charge in [0.15, 0.2) is 0 Å². The quantitative estimate of drug-likeness (QED) is 0.636. The van der Waals surface area contributed by atoms with E-state index in [1.165, 1.54) is 0 Å². The molecule has 0 amide bonds. The highest BCUT2D eigenvalue weighted by Gasteiger charge is 2.07. The van der Waals surface area contributed by atoms with Crippen LogP contribution in [0.3, 0.4) is 0 Å². The Hall–Kier alpha value is -1.22. The Balaban J connectivity index is 3.13. The molecule has 1 aromatic carbocycles. The number of methoxy groups -OCH3 is 1. The van der Waals surface area contributed by atoms with E-state index < -0.39 is 0 Å². The molecule has 4 heteroatoms. The van der Waals surface area contributed by atoms with Gasteiger partial charge in [0.05, 0.1) is 12.7 Å². The first-order valence-corrected chi connectivity index (χ1v) is 5.09. The molecule has 0 aliphatic rings. The second kappa shape index (κ2) is 5.03. The highest BCUT2D eigenvalue weighted by molar-refractivity contribution is 6.30. The highest BCUT2D eigenvalue weighted by Crippen LogP contribution is 2.22. The molecule has 0 saturated carbocycles. The first-order valence-electron chi connectivity index (χ1n) is 4.71. The number of hydrogen-bond donors (Lipinski definition) is 1. The van der Waals surface area contributed by atoms with Gasteiger partial charge in [-0.15, -0.1) is 0 Å². The fourth-order valence-corrected chi connectivity index (χ4v) is 1.39. The molecular weight excluding hydrogens is 212 g/mol. The third kappa shape index (κ3) is 3.13. The summed E-state index contributed by atoms with van der Waals surface area (Å²) in [6.45, 7) is 3.94. The van der Waals surface area contributed by atoms with Crippen LogP contribution in [-0.4, -0.2) is 19.0 Å². The molecule has 0 unspecified atom stereocenters. The van der Waals surface area contributed by atoms with Gasteiger partial charge in [-0.2, -0.15) is 0 Å². The lowest BCUT2D eigenvalue weighted by Crippen LogP contribution is -2.16. The predicted molar refractivity (Wildman–Crippen MR) is 63.9 cm³/mol. The second-order valence-electron chi connectivity index (χ2n) is 3.45. The van der Waals surface area contributed by atoms with Crippen LogP contribution in [-0.2, 0) is 0 Å². The first-order chi connectivity index (χ1) is 7.04. The van der Waals surface area contributed by atoms with Crippen LogP contribution < -0.4 is 10.5 Å². The molecule has 0 radical (unpaired) electrons. The number of hydrogen-bond acceptors (Lipinski definition) is 2. The Morgan fingerprint density at radius 2 is 2.13 bits per heavy atom. The second-order valence-corrected chi connectivity index (χ2v) is 3.89. The molecule has 1 rings (SSSR count). The number of nitrogens with zero attached hydrogens (tertiary/aromatic N) is 1. The fraction of sp³-hybridized carbons (Fsp3) is 0.364. The summed E-state index contributed by atoms with van der Waals surface area (Å²) < 4.78 is 5.18. The van der Waals surface area contributed by atoms with Crippen molar-refractivity contribution in [1.82, 2.24) is 0 Å². The Labute approximate surface area is 94.9 Å². The van der Waals surface area contributed by atoms with Crippen molar-refractivity contribution in [2.24, 2.45) is 10.7 Å². The van der Waals surface area contributed by atoms with Crippen molar-refractivity contribution < 1.29 is 4.74 Å². The number of rotatable bonds is 3. The zero-order valence-corrected chi connectivity index (χ0v) is 9.88. The molecular formula is C11H15ClN2O. The summed E-state index contributed by atoms with van der Waals surface area (Å²) in [5, 5.41) is 0.618.